The van der Waals surface area contributed by atoms with Gasteiger partial charge in [-0.15, -0.1) is 0 Å². The highest BCUT2D eigenvalue weighted by Crippen LogP contribution is 2.29. The summed E-state index contributed by atoms with van der Waals surface area (Å²) in [4.78, 5) is 0. The fourth-order valence-electron chi connectivity index (χ4n) is 2.15. The number of ether oxygens (including phenoxy) is 2. The molecule has 1 N–H and O–H groups in total. The second-order valence-electron chi connectivity index (χ2n) is 4.63. The zero-order valence-electron chi connectivity index (χ0n) is 10.6. The van der Waals surface area contributed by atoms with E-state index in [1.807, 2.05) is 18.2 Å². The van der Waals surface area contributed by atoms with Crippen molar-refractivity contribution in [2.24, 2.45) is 0 Å². The van der Waals surface area contributed by atoms with Crippen molar-refractivity contribution in [1.29, 1.82) is 0 Å². The smallest absolute Gasteiger partial charge is 0.126 e. The molecule has 1 aromatic carbocycles. The predicted octanol–water partition coefficient (Wildman–Crippen LogP) is 3.45. The second kappa shape index (κ2) is 6.55. The fraction of sp³-hybridized carbons (Fsp3) is 0.571. The van der Waals surface area contributed by atoms with Crippen LogP contribution in [0.15, 0.2) is 22.7 Å². The lowest BCUT2D eigenvalue weighted by molar-refractivity contribution is 0.0896. The zero-order chi connectivity index (χ0) is 13.0. The van der Waals surface area contributed by atoms with Crippen LogP contribution in [-0.2, 0) is 4.74 Å². The Labute approximate surface area is 116 Å². The molecule has 0 aromatic heterocycles. The molecule has 0 aliphatic carbocycles. The number of hydrogen-bond acceptors (Lipinski definition) is 3. The Kier molecular flexibility index (Phi) is 5.03. The van der Waals surface area contributed by atoms with Crippen molar-refractivity contribution in [1.82, 2.24) is 0 Å². The normalized spacial score (nSPS) is 20.9. The quantitative estimate of drug-likeness (QED) is 0.904. The van der Waals surface area contributed by atoms with E-state index < -0.39 is 6.10 Å². The van der Waals surface area contributed by atoms with Gasteiger partial charge in [-0.3, -0.25) is 0 Å². The third kappa shape index (κ3) is 3.70. The summed E-state index contributed by atoms with van der Waals surface area (Å²) in [5.74, 6) is 0.748. The molecule has 1 unspecified atom stereocenters. The van der Waals surface area contributed by atoms with Crippen LogP contribution in [-0.4, -0.2) is 24.4 Å². The minimum absolute atomic E-state index is 0.340. The van der Waals surface area contributed by atoms with Crippen LogP contribution in [0.5, 0.6) is 5.75 Å². The van der Waals surface area contributed by atoms with Crippen molar-refractivity contribution in [2.75, 3.05) is 13.2 Å². The van der Waals surface area contributed by atoms with Crippen LogP contribution in [0.1, 0.15) is 37.9 Å². The van der Waals surface area contributed by atoms with Crippen LogP contribution >= 0.6 is 15.9 Å². The number of aliphatic hydroxyl groups excluding tert-OH is 1. The van der Waals surface area contributed by atoms with Gasteiger partial charge >= 0.3 is 0 Å². The van der Waals surface area contributed by atoms with Crippen LogP contribution in [0, 0.1) is 0 Å². The Morgan fingerprint density at radius 3 is 3.06 bits per heavy atom. The molecule has 0 saturated carbocycles. The van der Waals surface area contributed by atoms with E-state index in [1.54, 1.807) is 6.92 Å². The van der Waals surface area contributed by atoms with Crippen molar-refractivity contribution < 1.29 is 14.6 Å². The maximum Gasteiger partial charge on any atom is 0.126 e. The molecule has 18 heavy (non-hydrogen) atoms. The minimum atomic E-state index is -0.518. The topological polar surface area (TPSA) is 38.7 Å². The van der Waals surface area contributed by atoms with Crippen LogP contribution in [0.3, 0.4) is 0 Å². The molecule has 1 heterocycles. The van der Waals surface area contributed by atoms with Gasteiger partial charge in [-0.05, 0) is 31.9 Å². The van der Waals surface area contributed by atoms with E-state index in [-0.39, 0.29) is 0 Å². The van der Waals surface area contributed by atoms with E-state index in [4.69, 9.17) is 9.47 Å². The van der Waals surface area contributed by atoms with Gasteiger partial charge in [0.2, 0.25) is 0 Å². The van der Waals surface area contributed by atoms with Gasteiger partial charge in [0.05, 0.1) is 18.8 Å². The van der Waals surface area contributed by atoms with Crippen molar-refractivity contribution in [3.63, 3.8) is 0 Å². The number of halogens is 1. The predicted molar refractivity (Wildman–Crippen MR) is 73.9 cm³/mol. The molecule has 1 aromatic rings. The van der Waals surface area contributed by atoms with Gasteiger partial charge in [-0.25, -0.2) is 0 Å². The first kappa shape index (κ1) is 13.8. The summed E-state index contributed by atoms with van der Waals surface area (Å²) >= 11 is 3.42. The molecule has 1 fully saturated rings. The lowest BCUT2D eigenvalue weighted by Gasteiger charge is -2.15. The van der Waals surface area contributed by atoms with Gasteiger partial charge in [0, 0.05) is 23.1 Å². The molecule has 0 bridgehead atoms. The lowest BCUT2D eigenvalue weighted by Crippen LogP contribution is -2.11. The molecule has 2 atom stereocenters. The summed E-state index contributed by atoms with van der Waals surface area (Å²) in [7, 11) is 0. The monoisotopic (exact) mass is 314 g/mol. The first-order chi connectivity index (χ1) is 8.66. The van der Waals surface area contributed by atoms with Gasteiger partial charge in [0.25, 0.3) is 0 Å². The average Bonchev–Trinajstić information content (AvgIpc) is 2.82. The molecule has 0 spiro atoms. The van der Waals surface area contributed by atoms with Crippen LogP contribution < -0.4 is 4.74 Å². The maximum absolute atomic E-state index is 9.69. The molecule has 1 aliphatic heterocycles. The van der Waals surface area contributed by atoms with E-state index in [1.165, 1.54) is 0 Å². The van der Waals surface area contributed by atoms with E-state index in [2.05, 4.69) is 15.9 Å². The van der Waals surface area contributed by atoms with E-state index in [0.29, 0.717) is 12.7 Å². The number of aliphatic hydroxyl groups is 1. The van der Waals surface area contributed by atoms with Crippen molar-refractivity contribution >= 4 is 15.9 Å². The molecular weight excluding hydrogens is 296 g/mol. The average molecular weight is 315 g/mol. The molecule has 0 amide bonds. The van der Waals surface area contributed by atoms with Crippen molar-refractivity contribution in [3.8, 4) is 5.75 Å². The summed E-state index contributed by atoms with van der Waals surface area (Å²) < 4.78 is 12.3. The Hall–Kier alpha value is -0.580. The number of rotatable bonds is 5. The van der Waals surface area contributed by atoms with Gasteiger partial charge in [-0.1, -0.05) is 22.0 Å². The van der Waals surface area contributed by atoms with Crippen LogP contribution in [0.2, 0.25) is 0 Å². The summed E-state index contributed by atoms with van der Waals surface area (Å²) in [6.45, 7) is 3.25. The Bertz CT molecular complexity index is 387. The van der Waals surface area contributed by atoms with Crippen molar-refractivity contribution in [3.05, 3.63) is 28.2 Å². The lowest BCUT2D eigenvalue weighted by atomic mass is 10.1. The van der Waals surface area contributed by atoms with E-state index >= 15 is 0 Å². The molecule has 100 valence electrons. The third-order valence-electron chi connectivity index (χ3n) is 3.15. The van der Waals surface area contributed by atoms with Gasteiger partial charge in [0.1, 0.15) is 5.75 Å². The summed E-state index contributed by atoms with van der Waals surface area (Å²) in [6, 6.07) is 5.70. The molecular formula is C14H19BrO3. The van der Waals surface area contributed by atoms with Gasteiger partial charge in [-0.2, -0.15) is 0 Å². The maximum atomic E-state index is 9.69. The molecule has 3 nitrogen and oxygen atoms in total. The van der Waals surface area contributed by atoms with Crippen molar-refractivity contribution in [2.45, 2.75) is 38.4 Å². The molecule has 1 aliphatic rings. The van der Waals surface area contributed by atoms with E-state index in [9.17, 15) is 5.11 Å². The second-order valence-corrected chi connectivity index (χ2v) is 5.55. The largest absolute Gasteiger partial charge is 0.493 e. The summed E-state index contributed by atoms with van der Waals surface area (Å²) in [5.41, 5.74) is 0.825. The number of benzene rings is 1. The highest BCUT2D eigenvalue weighted by Gasteiger charge is 2.16. The van der Waals surface area contributed by atoms with E-state index in [0.717, 1.165) is 41.7 Å². The summed E-state index contributed by atoms with van der Waals surface area (Å²) in [6.07, 6.45) is 3.01. The minimum Gasteiger partial charge on any atom is -0.493 e. The first-order valence-corrected chi connectivity index (χ1v) is 7.18. The third-order valence-corrected chi connectivity index (χ3v) is 3.64. The number of hydrogen-bond donors (Lipinski definition) is 1. The molecule has 2 rings (SSSR count). The van der Waals surface area contributed by atoms with Gasteiger partial charge in [0.15, 0.2) is 0 Å². The Balaban J connectivity index is 1.92. The van der Waals surface area contributed by atoms with Crippen LogP contribution in [0.25, 0.3) is 0 Å². The Morgan fingerprint density at radius 2 is 2.39 bits per heavy atom. The SMILES string of the molecule is C[C@@H](O)c1ccc(Br)cc1OCCC1CCCO1. The summed E-state index contributed by atoms with van der Waals surface area (Å²) in [5, 5.41) is 9.69. The highest BCUT2D eigenvalue weighted by molar-refractivity contribution is 9.10. The first-order valence-electron chi connectivity index (χ1n) is 6.38. The standard InChI is InChI=1S/C14H19BrO3/c1-10(16)13-5-4-11(15)9-14(13)18-8-6-12-3-2-7-17-12/h4-5,9-10,12,16H,2-3,6-8H2,1H3/t10-,12?/m1/s1. The van der Waals surface area contributed by atoms with Crippen LogP contribution in [0.4, 0.5) is 0 Å². The fourth-order valence-corrected chi connectivity index (χ4v) is 2.49. The molecule has 0 radical (unpaired) electrons. The Morgan fingerprint density at radius 1 is 1.56 bits per heavy atom. The zero-order valence-corrected chi connectivity index (χ0v) is 12.1. The molecule has 1 saturated heterocycles. The highest BCUT2D eigenvalue weighted by atomic mass is 79.9. The van der Waals surface area contributed by atoms with Gasteiger partial charge < -0.3 is 14.6 Å². The molecule has 4 heteroatoms.